The number of H-pyrrole nitrogens is 2. The molecule has 4 saturated heterocycles. The van der Waals surface area contributed by atoms with Crippen LogP contribution in [0.25, 0.3) is 90.9 Å². The van der Waals surface area contributed by atoms with Gasteiger partial charge in [-0.15, -0.1) is 0 Å². The van der Waals surface area contributed by atoms with E-state index >= 15 is 0 Å². The Bertz CT molecular complexity index is 5550. The Morgan fingerprint density at radius 2 is 0.434 bits per heavy atom. The fourth-order valence-corrected chi connectivity index (χ4v) is 21.4. The number of hydroxylamine groups is 8. The van der Waals surface area contributed by atoms with Gasteiger partial charge in [0.1, 0.15) is 50.8 Å². The Hall–Kier alpha value is -12.1. The van der Waals surface area contributed by atoms with Crippen molar-refractivity contribution in [1.82, 2.24) is 40.2 Å². The molecule has 0 radical (unpaired) electrons. The second-order valence-corrected chi connectivity index (χ2v) is 42.3. The van der Waals surface area contributed by atoms with Crippen molar-refractivity contribution in [2.45, 2.75) is 257 Å². The number of nitrogens with zero attached hydrogens (tertiary/aromatic N) is 6. The minimum atomic E-state index is -0.590. The van der Waals surface area contributed by atoms with Crippen LogP contribution in [0.15, 0.2) is 243 Å². The zero-order chi connectivity index (χ0) is 95.7. The number of carbonyl (C=O) groups is 4. The first-order valence-electron chi connectivity index (χ1n) is 48.3. The summed E-state index contributed by atoms with van der Waals surface area (Å²) < 4.78 is 25.2. The third kappa shape index (κ3) is 20.9. The normalized spacial score (nSPS) is 19.1. The van der Waals surface area contributed by atoms with Crippen LogP contribution >= 0.6 is 0 Å². The van der Waals surface area contributed by atoms with E-state index in [-0.39, 0.29) is 70.7 Å². The molecule has 8 bridgehead atoms. The van der Waals surface area contributed by atoms with E-state index in [9.17, 15) is 19.2 Å². The SMILES string of the molecule is CC1(C)CCCC(C)(C)N1OC(COC(=O)c1ccc(-c2c3nc(c(-c4ccc(C(=O)OCC(ON5C(C)(C)CCCC5(C)C)c5ccccc5)cc4)c4ccc([nH]4)c(-c4ccc(C(=O)OCC(ON5C(C)(C)CCCC5(C)C)c5ccccc5)cc4)c4nc(c(-c5ccc(C(=O)OCC(ON6C(C)(C)CCCC6(C)C)c6ccccc6)cc5)c5ccc2[nH]5)C=C4)C=C3)cc1)c1ccccc1. The Balaban J connectivity index is 0.775. The number of aromatic amines is 2. The van der Waals surface area contributed by atoms with Gasteiger partial charge in [0.05, 0.1) is 45.0 Å². The van der Waals surface area contributed by atoms with E-state index in [0.717, 1.165) is 122 Å². The fourth-order valence-electron chi connectivity index (χ4n) is 21.4. The second-order valence-electron chi connectivity index (χ2n) is 42.3. The average molecular weight is 1830 g/mol. The highest BCUT2D eigenvalue weighted by Crippen LogP contribution is 2.48. The van der Waals surface area contributed by atoms with Gasteiger partial charge in [-0.3, -0.25) is 19.4 Å². The van der Waals surface area contributed by atoms with Crippen LogP contribution in [0.1, 0.15) is 299 Å². The van der Waals surface area contributed by atoms with E-state index in [2.05, 4.69) is 141 Å². The molecule has 8 aromatic carbocycles. The molecule has 2 N–H and O–H groups in total. The molecule has 11 aromatic rings. The highest BCUT2D eigenvalue weighted by Gasteiger charge is 2.49. The number of hydrogen-bond donors (Lipinski definition) is 2. The molecule has 0 aliphatic carbocycles. The molecule has 6 aliphatic heterocycles. The zero-order valence-corrected chi connectivity index (χ0v) is 81.6. The summed E-state index contributed by atoms with van der Waals surface area (Å²) in [6, 6.07) is 77.5. The fraction of sp³-hybridized carbons (Fsp3) is 0.379. The number of piperidine rings is 4. The van der Waals surface area contributed by atoms with Gasteiger partial charge >= 0.3 is 23.9 Å². The predicted molar refractivity (Wildman–Crippen MR) is 538 cm³/mol. The molecule has 4 atom stereocenters. The van der Waals surface area contributed by atoms with Crippen molar-refractivity contribution in [3.8, 4) is 44.5 Å². The second kappa shape index (κ2) is 39.2. The van der Waals surface area contributed by atoms with Gasteiger partial charge in [0.15, 0.2) is 0 Å². The van der Waals surface area contributed by atoms with Crippen molar-refractivity contribution >= 4 is 70.2 Å². The quantitative estimate of drug-likeness (QED) is 0.0345. The summed E-state index contributed by atoms with van der Waals surface area (Å²) in [7, 11) is 0. The maximum atomic E-state index is 14.7. The summed E-state index contributed by atoms with van der Waals surface area (Å²) in [6.45, 7) is 35.1. The maximum Gasteiger partial charge on any atom is 0.338 e. The molecule has 9 heterocycles. The average Bonchev–Trinajstić information content (AvgIpc) is 1.65. The smallest absolute Gasteiger partial charge is 0.338 e. The van der Waals surface area contributed by atoms with Gasteiger partial charge < -0.3 is 28.9 Å². The lowest BCUT2D eigenvalue weighted by Gasteiger charge is -2.52. The minimum absolute atomic E-state index is 0.0352. The van der Waals surface area contributed by atoms with E-state index in [4.69, 9.17) is 48.3 Å². The first kappa shape index (κ1) is 95.6. The largest absolute Gasteiger partial charge is 0.459 e. The van der Waals surface area contributed by atoms with Crippen molar-refractivity contribution in [2.24, 2.45) is 0 Å². The molecule has 20 nitrogen and oxygen atoms in total. The van der Waals surface area contributed by atoms with Gasteiger partial charge in [0.2, 0.25) is 0 Å². The van der Waals surface area contributed by atoms with E-state index in [1.807, 2.05) is 218 Å². The topological polar surface area (TPSA) is 212 Å². The number of esters is 4. The van der Waals surface area contributed by atoms with Crippen LogP contribution in [0, 0.1) is 0 Å². The first-order valence-corrected chi connectivity index (χ1v) is 48.3. The number of ether oxygens (including phenoxy) is 4. The Kier molecular flexibility index (Phi) is 27.6. The highest BCUT2D eigenvalue weighted by molar-refractivity contribution is 6.02. The highest BCUT2D eigenvalue weighted by atomic mass is 16.7. The summed E-state index contributed by atoms with van der Waals surface area (Å²) in [5, 5.41) is 8.45. The predicted octanol–water partition coefficient (Wildman–Crippen LogP) is 26.8. The van der Waals surface area contributed by atoms with Crippen molar-refractivity contribution in [1.29, 1.82) is 0 Å². The molecule has 706 valence electrons. The van der Waals surface area contributed by atoms with Crippen molar-refractivity contribution in [3.63, 3.8) is 0 Å². The van der Waals surface area contributed by atoms with Gasteiger partial charge in [0, 0.05) is 88.6 Å². The number of hydrogen-bond acceptors (Lipinski definition) is 18. The molecule has 0 spiro atoms. The standard InChI is InChI=1S/C116H130N8O12/c1-109(2)65-29-66-110(3,4)121(109)133-97(77-33-21-17-22-34-77)73-129-105(125)85-49-41-81(42-50-85)101-89-57-59-91(117-89)102(82-43-51-86(52-44-82)106(126)130-74-98(78-35-23-18-24-36-78)134-122-111(5,6)67-30-68-112(122,7)8)93-61-63-95(119-93)104(84-47-55-88(56-48-84)108(128)132-76-100(80-39-27-20-28-40-80)136-124-115(13,14)71-32-72-116(124,15)16)96-64-62-94(120-96)103(92-60-58-90(101)118-92)83-45-53-87(54-46-83)107(127)131-75-99(79-37-25-19-26-38-79)135-123-113(9,10)69-31-70-114(123,11)12/h17-28,33-64,97-100,117,120H,29-32,65-76H2,1-16H3. The molecule has 3 aromatic heterocycles. The number of carbonyl (C=O) groups excluding carboxylic acids is 4. The van der Waals surface area contributed by atoms with Crippen LogP contribution in [0.3, 0.4) is 0 Å². The number of fused-ring (bicyclic) bond motifs is 8. The summed E-state index contributed by atoms with van der Waals surface area (Å²) in [4.78, 5) is 106. The lowest BCUT2D eigenvalue weighted by Crippen LogP contribution is -2.58. The summed E-state index contributed by atoms with van der Waals surface area (Å²) in [6.07, 6.45) is 17.6. The van der Waals surface area contributed by atoms with Crippen LogP contribution in [0.4, 0.5) is 0 Å². The van der Waals surface area contributed by atoms with E-state index in [1.165, 1.54) is 0 Å². The van der Waals surface area contributed by atoms with Gasteiger partial charge in [0.25, 0.3) is 0 Å². The first-order chi connectivity index (χ1) is 65.0. The van der Waals surface area contributed by atoms with Crippen LogP contribution in [-0.2, 0) is 38.3 Å². The summed E-state index contributed by atoms with van der Waals surface area (Å²) >= 11 is 0. The molecule has 17 rings (SSSR count). The van der Waals surface area contributed by atoms with Crippen molar-refractivity contribution in [2.75, 3.05) is 26.4 Å². The molecule has 4 fully saturated rings. The number of rotatable bonds is 28. The molecular formula is C116H130N8O12. The summed E-state index contributed by atoms with van der Waals surface area (Å²) in [5.41, 5.74) is 13.6. The van der Waals surface area contributed by atoms with Gasteiger partial charge in [-0.1, -0.05) is 170 Å². The third-order valence-corrected chi connectivity index (χ3v) is 28.2. The van der Waals surface area contributed by atoms with Gasteiger partial charge in [-0.05, 0) is 329 Å². The van der Waals surface area contributed by atoms with Crippen molar-refractivity contribution in [3.05, 3.63) is 310 Å². The molecule has 20 heteroatoms. The lowest BCUT2D eigenvalue weighted by atomic mass is 9.82. The zero-order valence-electron chi connectivity index (χ0n) is 81.6. The van der Waals surface area contributed by atoms with E-state index in [1.54, 1.807) is 48.5 Å². The Morgan fingerprint density at radius 1 is 0.257 bits per heavy atom. The number of nitrogens with one attached hydrogen (secondary N) is 2. The van der Waals surface area contributed by atoms with Crippen LogP contribution in [-0.4, -0.2) is 135 Å². The van der Waals surface area contributed by atoms with E-state index in [0.29, 0.717) is 89.4 Å². The molecular weight excluding hydrogens is 1700 g/mol. The van der Waals surface area contributed by atoms with Gasteiger partial charge in [-0.2, -0.15) is 20.3 Å². The summed E-state index contributed by atoms with van der Waals surface area (Å²) in [5.74, 6) is -2.05. The molecule has 6 aliphatic rings. The Morgan fingerprint density at radius 3 is 0.610 bits per heavy atom. The molecule has 0 amide bonds. The van der Waals surface area contributed by atoms with Crippen LogP contribution in [0.2, 0.25) is 0 Å². The minimum Gasteiger partial charge on any atom is -0.459 e. The number of aromatic nitrogens is 4. The molecule has 0 saturated carbocycles. The lowest BCUT2D eigenvalue weighted by molar-refractivity contribution is -0.311. The van der Waals surface area contributed by atoms with Crippen molar-refractivity contribution < 1.29 is 57.5 Å². The maximum absolute atomic E-state index is 14.7. The van der Waals surface area contributed by atoms with E-state index < -0.39 is 48.3 Å². The monoisotopic (exact) mass is 1830 g/mol. The van der Waals surface area contributed by atoms with Crippen LogP contribution < -0.4 is 0 Å². The molecule has 136 heavy (non-hydrogen) atoms. The number of benzene rings is 8. The van der Waals surface area contributed by atoms with Gasteiger partial charge in [-0.25, -0.2) is 29.1 Å². The third-order valence-electron chi connectivity index (χ3n) is 28.2. The Labute approximate surface area is 800 Å². The van der Waals surface area contributed by atoms with Crippen LogP contribution in [0.5, 0.6) is 0 Å². The molecule has 4 unspecified atom stereocenters.